The van der Waals surface area contributed by atoms with E-state index in [1.165, 1.54) is 12.4 Å². The quantitative estimate of drug-likeness (QED) is 0.721. The molecule has 0 saturated carbocycles. The number of hydrogen-bond acceptors (Lipinski definition) is 4. The normalized spacial score (nSPS) is 11.7. The molecule has 2 aromatic carbocycles. The van der Waals surface area contributed by atoms with Gasteiger partial charge in [-0.3, -0.25) is 9.78 Å². The van der Waals surface area contributed by atoms with Crippen molar-refractivity contribution in [3.8, 4) is 0 Å². The second-order valence-corrected chi connectivity index (χ2v) is 5.59. The molecular weight excluding hydrogens is 316 g/mol. The van der Waals surface area contributed by atoms with Gasteiger partial charge in [-0.15, -0.1) is 0 Å². The van der Waals surface area contributed by atoms with Crippen molar-refractivity contribution < 1.29 is 14.3 Å². The number of carbonyl (C=O) groups is 2. The number of benzene rings is 2. The summed E-state index contributed by atoms with van der Waals surface area (Å²) in [5, 5.41) is 4.94. The van der Waals surface area contributed by atoms with E-state index >= 15 is 0 Å². The van der Waals surface area contributed by atoms with Crippen LogP contribution in [-0.4, -0.2) is 23.0 Å². The Hall–Kier alpha value is -3.21. The van der Waals surface area contributed by atoms with Gasteiger partial charge in [-0.1, -0.05) is 37.3 Å². The smallest absolute Gasteiger partial charge is 0.339 e. The van der Waals surface area contributed by atoms with Gasteiger partial charge in [0.2, 0.25) is 0 Å². The first kappa shape index (κ1) is 16.6. The zero-order chi connectivity index (χ0) is 17.6. The first-order valence-electron chi connectivity index (χ1n) is 8.08. The second-order valence-electron chi connectivity index (χ2n) is 5.59. The first-order valence-corrected chi connectivity index (χ1v) is 8.08. The molecule has 1 N–H and O–H groups in total. The molecule has 0 aliphatic heterocycles. The number of ether oxygens (including phenoxy) is 1. The molecule has 1 heterocycles. The van der Waals surface area contributed by atoms with Crippen LogP contribution in [0.4, 0.5) is 5.69 Å². The van der Waals surface area contributed by atoms with E-state index in [2.05, 4.69) is 10.3 Å². The van der Waals surface area contributed by atoms with E-state index in [0.29, 0.717) is 17.7 Å². The number of hydrogen-bond donors (Lipinski definition) is 1. The third kappa shape index (κ3) is 4.01. The maximum Gasteiger partial charge on any atom is 0.339 e. The van der Waals surface area contributed by atoms with E-state index in [1.807, 2.05) is 42.5 Å². The maximum absolute atomic E-state index is 12.4. The van der Waals surface area contributed by atoms with E-state index in [-0.39, 0.29) is 5.91 Å². The van der Waals surface area contributed by atoms with Crippen molar-refractivity contribution >= 4 is 28.3 Å². The van der Waals surface area contributed by atoms with Gasteiger partial charge in [0, 0.05) is 18.1 Å². The van der Waals surface area contributed by atoms with Gasteiger partial charge in [-0.05, 0) is 41.5 Å². The molecular formula is C20H18N2O3. The number of nitrogens with zero attached hydrogens (tertiary/aromatic N) is 1. The summed E-state index contributed by atoms with van der Waals surface area (Å²) in [6.45, 7) is 1.80. The molecule has 1 unspecified atom stereocenters. The van der Waals surface area contributed by atoms with E-state index in [0.717, 1.165) is 10.8 Å². The SMILES string of the molecule is CCC(OC(=O)c1ccncc1)C(=O)Nc1ccc2ccccc2c1. The van der Waals surface area contributed by atoms with Gasteiger partial charge in [0.25, 0.3) is 5.91 Å². The molecule has 0 spiro atoms. The van der Waals surface area contributed by atoms with Crippen molar-refractivity contribution in [2.45, 2.75) is 19.4 Å². The highest BCUT2D eigenvalue weighted by atomic mass is 16.5. The molecule has 0 aliphatic carbocycles. The Morgan fingerprint density at radius 3 is 2.48 bits per heavy atom. The van der Waals surface area contributed by atoms with E-state index in [4.69, 9.17) is 4.74 Å². The molecule has 0 aliphatic rings. The lowest BCUT2D eigenvalue weighted by molar-refractivity contribution is -0.124. The minimum atomic E-state index is -0.855. The molecule has 5 nitrogen and oxygen atoms in total. The van der Waals surface area contributed by atoms with Crippen molar-refractivity contribution in [1.82, 2.24) is 4.98 Å². The lowest BCUT2D eigenvalue weighted by Gasteiger charge is -2.16. The molecule has 1 amide bonds. The average Bonchev–Trinajstić information content (AvgIpc) is 2.66. The highest BCUT2D eigenvalue weighted by Crippen LogP contribution is 2.19. The van der Waals surface area contributed by atoms with Crippen LogP contribution < -0.4 is 5.32 Å². The number of aromatic nitrogens is 1. The summed E-state index contributed by atoms with van der Waals surface area (Å²) < 4.78 is 5.33. The van der Waals surface area contributed by atoms with Crippen LogP contribution >= 0.6 is 0 Å². The lowest BCUT2D eigenvalue weighted by Crippen LogP contribution is -2.32. The van der Waals surface area contributed by atoms with Crippen LogP contribution in [0.3, 0.4) is 0 Å². The topological polar surface area (TPSA) is 68.3 Å². The third-order valence-corrected chi connectivity index (χ3v) is 3.85. The number of esters is 1. The monoisotopic (exact) mass is 334 g/mol. The van der Waals surface area contributed by atoms with Crippen molar-refractivity contribution in [3.63, 3.8) is 0 Å². The molecule has 25 heavy (non-hydrogen) atoms. The first-order chi connectivity index (χ1) is 12.2. The highest BCUT2D eigenvalue weighted by Gasteiger charge is 2.22. The molecule has 5 heteroatoms. The molecule has 3 rings (SSSR count). The fourth-order valence-corrected chi connectivity index (χ4v) is 2.50. The van der Waals surface area contributed by atoms with Crippen LogP contribution in [0.25, 0.3) is 10.8 Å². The van der Waals surface area contributed by atoms with Crippen molar-refractivity contribution in [3.05, 3.63) is 72.6 Å². The van der Waals surface area contributed by atoms with Gasteiger partial charge in [-0.25, -0.2) is 4.79 Å². The molecule has 0 radical (unpaired) electrons. The summed E-state index contributed by atoms with van der Waals surface area (Å²) >= 11 is 0. The zero-order valence-corrected chi connectivity index (χ0v) is 13.8. The summed E-state index contributed by atoms with van der Waals surface area (Å²) in [5.41, 5.74) is 1.04. The summed E-state index contributed by atoms with van der Waals surface area (Å²) in [5.74, 6) is -0.886. The number of carbonyl (C=O) groups excluding carboxylic acids is 2. The summed E-state index contributed by atoms with van der Waals surface area (Å²) in [7, 11) is 0. The Kier molecular flexibility index (Phi) is 5.04. The fraction of sp³-hybridized carbons (Fsp3) is 0.150. The Morgan fingerprint density at radius 1 is 1.04 bits per heavy atom. The largest absolute Gasteiger partial charge is 0.449 e. The average molecular weight is 334 g/mol. The molecule has 3 aromatic rings. The Bertz CT molecular complexity index is 894. The van der Waals surface area contributed by atoms with Crippen molar-refractivity contribution in [2.75, 3.05) is 5.32 Å². The number of fused-ring (bicyclic) bond motifs is 1. The second kappa shape index (κ2) is 7.57. The van der Waals surface area contributed by atoms with Crippen LogP contribution in [0.1, 0.15) is 23.7 Å². The van der Waals surface area contributed by atoms with Gasteiger partial charge in [0.15, 0.2) is 6.10 Å². The third-order valence-electron chi connectivity index (χ3n) is 3.85. The molecule has 0 fully saturated rings. The molecule has 0 bridgehead atoms. The predicted octanol–water partition coefficient (Wildman–Crippen LogP) is 3.81. The van der Waals surface area contributed by atoms with Crippen LogP contribution in [0, 0.1) is 0 Å². The Labute approximate surface area is 145 Å². The van der Waals surface area contributed by atoms with E-state index < -0.39 is 12.1 Å². The van der Waals surface area contributed by atoms with Crippen LogP contribution in [0.2, 0.25) is 0 Å². The number of pyridine rings is 1. The molecule has 1 atom stereocenters. The van der Waals surface area contributed by atoms with Gasteiger partial charge >= 0.3 is 5.97 Å². The number of rotatable bonds is 5. The van der Waals surface area contributed by atoms with Gasteiger partial charge in [0.1, 0.15) is 0 Å². The zero-order valence-electron chi connectivity index (χ0n) is 13.8. The summed E-state index contributed by atoms with van der Waals surface area (Å²) in [4.78, 5) is 28.4. The van der Waals surface area contributed by atoms with Gasteiger partial charge < -0.3 is 10.1 Å². The molecule has 1 aromatic heterocycles. The van der Waals surface area contributed by atoms with Crippen LogP contribution in [0.5, 0.6) is 0 Å². The Balaban J connectivity index is 1.70. The van der Waals surface area contributed by atoms with Crippen LogP contribution in [0.15, 0.2) is 67.0 Å². The van der Waals surface area contributed by atoms with Crippen LogP contribution in [-0.2, 0) is 9.53 Å². The number of amides is 1. The minimum Gasteiger partial charge on any atom is -0.449 e. The number of anilines is 1. The summed E-state index contributed by atoms with van der Waals surface area (Å²) in [6, 6.07) is 16.7. The highest BCUT2D eigenvalue weighted by molar-refractivity contribution is 5.99. The van der Waals surface area contributed by atoms with Crippen molar-refractivity contribution in [2.24, 2.45) is 0 Å². The van der Waals surface area contributed by atoms with E-state index in [9.17, 15) is 9.59 Å². The standard InChI is InChI=1S/C20H18N2O3/c1-2-18(25-20(24)15-9-11-21-12-10-15)19(23)22-17-8-7-14-5-3-4-6-16(14)13-17/h3-13,18H,2H2,1H3,(H,22,23). The fourth-order valence-electron chi connectivity index (χ4n) is 2.50. The maximum atomic E-state index is 12.4. The minimum absolute atomic E-state index is 0.347. The predicted molar refractivity (Wildman–Crippen MR) is 96.3 cm³/mol. The molecule has 126 valence electrons. The lowest BCUT2D eigenvalue weighted by atomic mass is 10.1. The van der Waals surface area contributed by atoms with Gasteiger partial charge in [-0.2, -0.15) is 0 Å². The number of nitrogens with one attached hydrogen (secondary N) is 1. The Morgan fingerprint density at radius 2 is 1.76 bits per heavy atom. The summed E-state index contributed by atoms with van der Waals surface area (Å²) in [6.07, 6.45) is 2.54. The van der Waals surface area contributed by atoms with Gasteiger partial charge in [0.05, 0.1) is 5.56 Å². The van der Waals surface area contributed by atoms with E-state index in [1.54, 1.807) is 19.1 Å². The van der Waals surface area contributed by atoms with Crippen molar-refractivity contribution in [1.29, 1.82) is 0 Å². The molecule has 0 saturated heterocycles.